The fraction of sp³-hybridized carbons (Fsp3) is 0.391. The van der Waals surface area contributed by atoms with Gasteiger partial charge in [0.1, 0.15) is 11.4 Å². The van der Waals surface area contributed by atoms with Crippen molar-refractivity contribution in [3.05, 3.63) is 70.0 Å². The summed E-state index contributed by atoms with van der Waals surface area (Å²) in [6.45, 7) is 7.10. The van der Waals surface area contributed by atoms with Gasteiger partial charge in [-0.1, -0.05) is 41.9 Å². The number of fused-ring (bicyclic) bond motifs is 1. The van der Waals surface area contributed by atoms with Crippen LogP contribution >= 0.6 is 11.6 Å². The van der Waals surface area contributed by atoms with E-state index >= 15 is 0 Å². The predicted octanol–water partition coefficient (Wildman–Crippen LogP) is 4.89. The third-order valence-electron chi connectivity index (χ3n) is 5.05. The van der Waals surface area contributed by atoms with E-state index in [4.69, 9.17) is 16.3 Å². The molecule has 0 heterocycles. The lowest BCUT2D eigenvalue weighted by atomic mass is 9.99. The number of benzene rings is 2. The molecule has 0 aromatic heterocycles. The quantitative estimate of drug-likeness (QED) is 0.722. The topological polar surface area (TPSA) is 67.4 Å². The lowest BCUT2D eigenvalue weighted by Gasteiger charge is -2.27. The minimum Gasteiger partial charge on any atom is -0.444 e. The van der Waals surface area contributed by atoms with Crippen LogP contribution in [0.25, 0.3) is 0 Å². The summed E-state index contributed by atoms with van der Waals surface area (Å²) in [5.74, 6) is -1.29. The van der Waals surface area contributed by atoms with Crippen LogP contribution in [0, 0.1) is 5.82 Å². The summed E-state index contributed by atoms with van der Waals surface area (Å²) in [6, 6.07) is 11.0. The molecule has 2 aromatic carbocycles. The van der Waals surface area contributed by atoms with Crippen molar-refractivity contribution in [3.8, 4) is 0 Å². The van der Waals surface area contributed by atoms with E-state index in [1.807, 2.05) is 24.3 Å². The van der Waals surface area contributed by atoms with Crippen molar-refractivity contribution in [2.45, 2.75) is 57.7 Å². The Bertz CT molecular complexity index is 958. The van der Waals surface area contributed by atoms with E-state index in [0.717, 1.165) is 11.1 Å². The molecule has 2 N–H and O–H groups in total. The Morgan fingerprint density at radius 2 is 1.87 bits per heavy atom. The highest BCUT2D eigenvalue weighted by atomic mass is 35.5. The van der Waals surface area contributed by atoms with E-state index in [2.05, 4.69) is 10.6 Å². The molecule has 0 saturated heterocycles. The van der Waals surface area contributed by atoms with Crippen molar-refractivity contribution in [1.82, 2.24) is 10.6 Å². The predicted molar refractivity (Wildman–Crippen MR) is 114 cm³/mol. The van der Waals surface area contributed by atoms with Crippen molar-refractivity contribution in [3.63, 3.8) is 0 Å². The van der Waals surface area contributed by atoms with Gasteiger partial charge in [-0.05, 0) is 62.9 Å². The van der Waals surface area contributed by atoms with Gasteiger partial charge >= 0.3 is 6.09 Å². The van der Waals surface area contributed by atoms with Gasteiger partial charge in [0.2, 0.25) is 5.91 Å². The molecule has 2 amide bonds. The molecule has 160 valence electrons. The summed E-state index contributed by atoms with van der Waals surface area (Å²) >= 11 is 6.12. The zero-order valence-corrected chi connectivity index (χ0v) is 18.2. The van der Waals surface area contributed by atoms with E-state index < -0.39 is 29.5 Å². The fourth-order valence-electron chi connectivity index (χ4n) is 3.64. The molecule has 0 fully saturated rings. The molecule has 30 heavy (non-hydrogen) atoms. The minimum absolute atomic E-state index is 0.204. The van der Waals surface area contributed by atoms with Crippen molar-refractivity contribution in [1.29, 1.82) is 0 Å². The second kappa shape index (κ2) is 8.64. The fourth-order valence-corrected chi connectivity index (χ4v) is 3.97. The Kier molecular flexibility index (Phi) is 6.36. The highest BCUT2D eigenvalue weighted by Gasteiger charge is 2.36. The van der Waals surface area contributed by atoms with Gasteiger partial charge < -0.3 is 15.4 Å². The molecule has 0 spiro atoms. The second-order valence-corrected chi connectivity index (χ2v) is 8.94. The molecular formula is C23H26ClFN2O3. The molecule has 1 aliphatic carbocycles. The Balaban J connectivity index is 1.77. The first kappa shape index (κ1) is 22.1. The maximum absolute atomic E-state index is 13.3. The lowest BCUT2D eigenvalue weighted by Crippen LogP contribution is -2.46. The first-order valence-corrected chi connectivity index (χ1v) is 10.3. The Morgan fingerprint density at radius 1 is 1.17 bits per heavy atom. The number of ether oxygens (including phenoxy) is 1. The summed E-state index contributed by atoms with van der Waals surface area (Å²) in [7, 11) is 0. The second-order valence-electron chi connectivity index (χ2n) is 8.53. The molecule has 0 radical (unpaired) electrons. The molecule has 3 rings (SSSR count). The number of nitrogens with one attached hydrogen (secondary N) is 2. The van der Waals surface area contributed by atoms with Gasteiger partial charge in [0.05, 0.1) is 18.0 Å². The van der Waals surface area contributed by atoms with Crippen molar-refractivity contribution < 1.29 is 18.7 Å². The van der Waals surface area contributed by atoms with E-state index in [1.165, 1.54) is 18.2 Å². The van der Waals surface area contributed by atoms with Gasteiger partial charge in [-0.2, -0.15) is 0 Å². The van der Waals surface area contributed by atoms with Crippen LogP contribution in [0.1, 0.15) is 56.3 Å². The average Bonchev–Trinajstić information content (AvgIpc) is 2.97. The van der Waals surface area contributed by atoms with Crippen molar-refractivity contribution in [2.24, 2.45) is 0 Å². The van der Waals surface area contributed by atoms with Gasteiger partial charge in [-0.15, -0.1) is 0 Å². The van der Waals surface area contributed by atoms with Gasteiger partial charge in [-0.3, -0.25) is 4.79 Å². The highest BCUT2D eigenvalue weighted by molar-refractivity contribution is 6.31. The van der Waals surface area contributed by atoms with E-state index in [0.29, 0.717) is 12.0 Å². The van der Waals surface area contributed by atoms with Gasteiger partial charge in [-0.25, -0.2) is 9.18 Å². The zero-order valence-electron chi connectivity index (χ0n) is 17.5. The molecule has 1 unspecified atom stereocenters. The maximum Gasteiger partial charge on any atom is 0.408 e. The summed E-state index contributed by atoms with van der Waals surface area (Å²) in [4.78, 5) is 25.3. The summed E-state index contributed by atoms with van der Waals surface area (Å²) in [6.07, 6.45) is 0.0322. The van der Waals surface area contributed by atoms with Crippen LogP contribution in [0.5, 0.6) is 0 Å². The first-order valence-electron chi connectivity index (χ1n) is 9.88. The smallest absolute Gasteiger partial charge is 0.408 e. The molecule has 0 saturated carbocycles. The Hall–Kier alpha value is -2.60. The number of carbonyl (C=O) groups is 2. The van der Waals surface area contributed by atoms with Gasteiger partial charge in [0, 0.05) is 5.02 Å². The molecule has 1 aliphatic rings. The molecule has 0 bridgehead atoms. The van der Waals surface area contributed by atoms with Crippen LogP contribution in [0.2, 0.25) is 5.02 Å². The highest BCUT2D eigenvalue weighted by Crippen LogP contribution is 2.33. The Morgan fingerprint density at radius 3 is 2.53 bits per heavy atom. The SMILES string of the molecule is CC(C(=O)N[C@H]1Cc2ccccc2[C@@H]1NC(=O)OC(C)(C)C)c1ccc(F)cc1Cl. The van der Waals surface area contributed by atoms with Crippen LogP contribution in [0.15, 0.2) is 42.5 Å². The van der Waals surface area contributed by atoms with Gasteiger partial charge in [0.15, 0.2) is 0 Å². The molecule has 2 aromatic rings. The van der Waals surface area contributed by atoms with Crippen LogP contribution in [-0.4, -0.2) is 23.6 Å². The monoisotopic (exact) mass is 432 g/mol. The van der Waals surface area contributed by atoms with Crippen LogP contribution in [0.4, 0.5) is 9.18 Å². The van der Waals surface area contributed by atoms with Crippen molar-refractivity contribution >= 4 is 23.6 Å². The number of hydrogen-bond acceptors (Lipinski definition) is 3. The maximum atomic E-state index is 13.3. The number of alkyl carbamates (subject to hydrolysis) is 1. The number of halogens is 2. The van der Waals surface area contributed by atoms with Gasteiger partial charge in [0.25, 0.3) is 0 Å². The first-order chi connectivity index (χ1) is 14.0. The number of amides is 2. The van der Waals surface area contributed by atoms with Crippen LogP contribution in [-0.2, 0) is 16.0 Å². The third-order valence-corrected chi connectivity index (χ3v) is 5.38. The molecule has 7 heteroatoms. The number of hydrogen-bond donors (Lipinski definition) is 2. The zero-order chi connectivity index (χ0) is 22.1. The lowest BCUT2D eigenvalue weighted by molar-refractivity contribution is -0.123. The summed E-state index contributed by atoms with van der Waals surface area (Å²) in [5, 5.41) is 6.12. The summed E-state index contributed by atoms with van der Waals surface area (Å²) in [5.41, 5.74) is 1.91. The summed E-state index contributed by atoms with van der Waals surface area (Å²) < 4.78 is 18.7. The molecule has 5 nitrogen and oxygen atoms in total. The molecule has 3 atom stereocenters. The van der Waals surface area contributed by atoms with E-state index in [-0.39, 0.29) is 17.0 Å². The minimum atomic E-state index is -0.630. The third kappa shape index (κ3) is 5.11. The molecule has 0 aliphatic heterocycles. The van der Waals surface area contributed by atoms with Crippen LogP contribution in [0.3, 0.4) is 0 Å². The average molecular weight is 433 g/mol. The Labute approximate surface area is 181 Å². The van der Waals surface area contributed by atoms with Crippen molar-refractivity contribution in [2.75, 3.05) is 0 Å². The largest absolute Gasteiger partial charge is 0.444 e. The molecular weight excluding hydrogens is 407 g/mol. The van der Waals surface area contributed by atoms with E-state index in [1.54, 1.807) is 27.7 Å². The number of carbonyl (C=O) groups excluding carboxylic acids is 2. The van der Waals surface area contributed by atoms with E-state index in [9.17, 15) is 14.0 Å². The standard InChI is InChI=1S/C23H26ClFN2O3/c1-13(16-10-9-15(25)12-18(16)24)21(28)26-19-11-14-7-5-6-8-17(14)20(19)27-22(29)30-23(2,3)4/h5-10,12-13,19-20H,11H2,1-4H3,(H,26,28)(H,27,29)/t13?,19-,20-/m0/s1. The van der Waals surface area contributed by atoms with Crippen LogP contribution < -0.4 is 10.6 Å². The normalized spacial score (nSPS) is 19.0. The number of rotatable bonds is 4.